The number of carbonyl (C=O) groups excluding carboxylic acids is 2. The molecule has 0 saturated heterocycles. The minimum atomic E-state index is -0.671. The predicted molar refractivity (Wildman–Crippen MR) is 292 cm³/mol. The van der Waals surface area contributed by atoms with Crippen molar-refractivity contribution in [1.82, 2.24) is 5.32 Å². The number of ether oxygens (including phenoxy) is 1. The SMILES string of the molecule is CCCCCC/C=C\CCCCCCCC(=O)OCCCCCCCCCCC/C=C\C/C=C\CCCCCCCCCC(=O)NC(CO)C(O)CCCCCCCCCCCCCCCC. The topological polar surface area (TPSA) is 95.9 Å². The summed E-state index contributed by atoms with van der Waals surface area (Å²) >= 11 is 0. The number of hydrogen-bond donors (Lipinski definition) is 3. The monoisotopic (exact) mass is 942 g/mol. The molecule has 0 bridgehead atoms. The lowest BCUT2D eigenvalue weighted by molar-refractivity contribution is -0.143. The molecule has 2 atom stereocenters. The van der Waals surface area contributed by atoms with E-state index in [-0.39, 0.29) is 18.5 Å². The summed E-state index contributed by atoms with van der Waals surface area (Å²) < 4.78 is 5.46. The molecule has 0 fully saturated rings. The maximum atomic E-state index is 12.5. The second kappa shape index (κ2) is 56.7. The van der Waals surface area contributed by atoms with Gasteiger partial charge in [0, 0.05) is 12.8 Å². The first-order chi connectivity index (χ1) is 33.0. The molecule has 0 aliphatic heterocycles. The number of aliphatic hydroxyl groups is 2. The van der Waals surface area contributed by atoms with E-state index < -0.39 is 12.1 Å². The normalized spacial score (nSPS) is 12.8. The van der Waals surface area contributed by atoms with Gasteiger partial charge in [-0.15, -0.1) is 0 Å². The van der Waals surface area contributed by atoms with Crippen molar-refractivity contribution in [2.75, 3.05) is 13.2 Å². The Balaban J connectivity index is 3.45. The molecule has 3 N–H and O–H groups in total. The number of aliphatic hydroxyl groups excluding tert-OH is 2. The van der Waals surface area contributed by atoms with E-state index in [0.717, 1.165) is 57.8 Å². The average Bonchev–Trinajstić information content (AvgIpc) is 3.33. The minimum Gasteiger partial charge on any atom is -0.466 e. The maximum Gasteiger partial charge on any atom is 0.305 e. The Morgan fingerprint density at radius 2 is 0.746 bits per heavy atom. The second-order valence-electron chi connectivity index (χ2n) is 20.3. The number of rotatable bonds is 55. The van der Waals surface area contributed by atoms with Crippen molar-refractivity contribution in [2.24, 2.45) is 0 Å². The van der Waals surface area contributed by atoms with Crippen molar-refractivity contribution >= 4 is 11.9 Å². The van der Waals surface area contributed by atoms with Gasteiger partial charge in [0.2, 0.25) is 5.91 Å². The number of nitrogens with one attached hydrogen (secondary N) is 1. The van der Waals surface area contributed by atoms with Crippen LogP contribution in [0.15, 0.2) is 36.5 Å². The zero-order chi connectivity index (χ0) is 48.6. The quantitative estimate of drug-likeness (QED) is 0.0321. The molecule has 2 unspecified atom stereocenters. The third kappa shape index (κ3) is 53.3. The third-order valence-electron chi connectivity index (χ3n) is 13.7. The highest BCUT2D eigenvalue weighted by atomic mass is 16.5. The van der Waals surface area contributed by atoms with Crippen LogP contribution in [-0.2, 0) is 14.3 Å². The zero-order valence-corrected chi connectivity index (χ0v) is 44.9. The summed E-state index contributed by atoms with van der Waals surface area (Å²) in [4.78, 5) is 24.5. The molecule has 1 amide bonds. The number of amides is 1. The molecule has 0 aliphatic carbocycles. The lowest BCUT2D eigenvalue weighted by atomic mass is 10.0. The third-order valence-corrected chi connectivity index (χ3v) is 13.7. The van der Waals surface area contributed by atoms with E-state index in [2.05, 4.69) is 55.6 Å². The second-order valence-corrected chi connectivity index (χ2v) is 20.3. The number of hydrogen-bond acceptors (Lipinski definition) is 5. The van der Waals surface area contributed by atoms with E-state index in [1.165, 1.54) is 225 Å². The molecule has 394 valence electrons. The van der Waals surface area contributed by atoms with Crippen molar-refractivity contribution in [3.8, 4) is 0 Å². The van der Waals surface area contributed by atoms with Gasteiger partial charge in [-0.3, -0.25) is 9.59 Å². The van der Waals surface area contributed by atoms with Gasteiger partial charge in [-0.2, -0.15) is 0 Å². The van der Waals surface area contributed by atoms with Crippen LogP contribution in [0.2, 0.25) is 0 Å². The lowest BCUT2D eigenvalue weighted by Crippen LogP contribution is -2.45. The first kappa shape index (κ1) is 65.1. The van der Waals surface area contributed by atoms with Crippen molar-refractivity contribution < 1.29 is 24.5 Å². The summed E-state index contributed by atoms with van der Waals surface area (Å²) in [5, 5.41) is 23.2. The molecule has 0 aromatic carbocycles. The minimum absolute atomic E-state index is 0.00237. The van der Waals surface area contributed by atoms with Gasteiger partial charge in [-0.25, -0.2) is 0 Å². The standard InChI is InChI=1S/C61H115NO5/c1-3-5-7-9-11-13-15-17-30-33-37-41-45-49-53-59(64)58(57-63)62-60(65)54-50-46-42-38-34-31-27-25-23-21-19-18-20-22-24-26-28-32-36-40-44-48-52-56-67-61(66)55-51-47-43-39-35-29-16-14-12-10-8-6-4-2/h14,16,18,20-21,23,58-59,63-64H,3-13,15,17,19,22,24-57H2,1-2H3,(H,62,65)/b16-14-,20-18-,23-21-. The number of unbranched alkanes of at least 4 members (excludes halogenated alkanes) is 38. The smallest absolute Gasteiger partial charge is 0.305 e. The van der Waals surface area contributed by atoms with Gasteiger partial charge in [0.25, 0.3) is 0 Å². The van der Waals surface area contributed by atoms with Gasteiger partial charge in [-0.1, -0.05) is 256 Å². The zero-order valence-electron chi connectivity index (χ0n) is 44.9. The van der Waals surface area contributed by atoms with Gasteiger partial charge in [0.1, 0.15) is 0 Å². The Morgan fingerprint density at radius 1 is 0.418 bits per heavy atom. The molecule has 0 radical (unpaired) electrons. The molecule has 0 aromatic rings. The van der Waals surface area contributed by atoms with Crippen LogP contribution in [-0.4, -0.2) is 47.4 Å². The fourth-order valence-electron chi connectivity index (χ4n) is 9.08. The predicted octanol–water partition coefficient (Wildman–Crippen LogP) is 18.4. The van der Waals surface area contributed by atoms with Gasteiger partial charge >= 0.3 is 5.97 Å². The fraction of sp³-hybridized carbons (Fsp3) is 0.869. The molecule has 6 nitrogen and oxygen atoms in total. The summed E-state index contributed by atoms with van der Waals surface area (Å²) in [5.74, 6) is -0.0473. The number of allylic oxidation sites excluding steroid dienone is 6. The highest BCUT2D eigenvalue weighted by molar-refractivity contribution is 5.76. The highest BCUT2D eigenvalue weighted by Crippen LogP contribution is 2.17. The van der Waals surface area contributed by atoms with Crippen LogP contribution in [0.1, 0.15) is 316 Å². The van der Waals surface area contributed by atoms with Gasteiger partial charge < -0.3 is 20.3 Å². The summed E-state index contributed by atoms with van der Waals surface area (Å²) in [6.07, 6.45) is 70.0. The molecular weight excluding hydrogens is 827 g/mol. The number of esters is 1. The van der Waals surface area contributed by atoms with Gasteiger partial charge in [0.15, 0.2) is 0 Å². The van der Waals surface area contributed by atoms with E-state index in [1.54, 1.807) is 0 Å². The summed E-state index contributed by atoms with van der Waals surface area (Å²) in [5.41, 5.74) is 0. The summed E-state index contributed by atoms with van der Waals surface area (Å²) in [6.45, 7) is 4.93. The Bertz CT molecular complexity index is 1090. The molecule has 0 heterocycles. The van der Waals surface area contributed by atoms with Crippen molar-refractivity contribution in [3.63, 3.8) is 0 Å². The van der Waals surface area contributed by atoms with Gasteiger partial charge in [0.05, 0.1) is 25.4 Å². The van der Waals surface area contributed by atoms with Crippen LogP contribution in [0.4, 0.5) is 0 Å². The lowest BCUT2D eigenvalue weighted by Gasteiger charge is -2.22. The molecule has 6 heteroatoms. The molecule has 0 saturated carbocycles. The molecule has 67 heavy (non-hydrogen) atoms. The van der Waals surface area contributed by atoms with Crippen molar-refractivity contribution in [2.45, 2.75) is 328 Å². The molecule has 0 aliphatic rings. The molecule has 0 spiro atoms. The number of carbonyl (C=O) groups is 2. The summed E-state index contributed by atoms with van der Waals surface area (Å²) in [7, 11) is 0. The average molecular weight is 943 g/mol. The van der Waals surface area contributed by atoms with Crippen LogP contribution in [0.3, 0.4) is 0 Å². The molecular formula is C61H115NO5. The molecule has 0 aromatic heterocycles. The van der Waals surface area contributed by atoms with E-state index in [0.29, 0.717) is 25.9 Å². The summed E-state index contributed by atoms with van der Waals surface area (Å²) in [6, 6.07) is -0.549. The largest absolute Gasteiger partial charge is 0.466 e. The first-order valence-electron chi connectivity index (χ1n) is 29.7. The Labute approximate surface area is 417 Å². The van der Waals surface area contributed by atoms with Crippen molar-refractivity contribution in [1.29, 1.82) is 0 Å². The Hall–Kier alpha value is -1.92. The Kier molecular flexibility index (Phi) is 55.0. The van der Waals surface area contributed by atoms with Crippen LogP contribution >= 0.6 is 0 Å². The Morgan fingerprint density at radius 3 is 1.16 bits per heavy atom. The van der Waals surface area contributed by atoms with E-state index in [9.17, 15) is 19.8 Å². The first-order valence-corrected chi connectivity index (χ1v) is 29.7. The highest BCUT2D eigenvalue weighted by Gasteiger charge is 2.20. The van der Waals surface area contributed by atoms with Gasteiger partial charge in [-0.05, 0) is 83.5 Å². The van der Waals surface area contributed by atoms with Crippen LogP contribution < -0.4 is 5.32 Å². The van der Waals surface area contributed by atoms with Crippen LogP contribution in [0.5, 0.6) is 0 Å². The van der Waals surface area contributed by atoms with Crippen LogP contribution in [0.25, 0.3) is 0 Å². The van der Waals surface area contributed by atoms with Crippen molar-refractivity contribution in [3.05, 3.63) is 36.5 Å². The molecule has 0 rings (SSSR count). The fourth-order valence-corrected chi connectivity index (χ4v) is 9.08. The van der Waals surface area contributed by atoms with E-state index in [1.807, 2.05) is 0 Å². The van der Waals surface area contributed by atoms with E-state index in [4.69, 9.17) is 4.74 Å². The van der Waals surface area contributed by atoms with Crippen LogP contribution in [0, 0.1) is 0 Å². The van der Waals surface area contributed by atoms with E-state index >= 15 is 0 Å². The maximum absolute atomic E-state index is 12.5.